The van der Waals surface area contributed by atoms with Crippen LogP contribution in [0.15, 0.2) is 12.3 Å². The van der Waals surface area contributed by atoms with Gasteiger partial charge in [-0.25, -0.2) is 14.8 Å². The highest BCUT2D eigenvalue weighted by molar-refractivity contribution is 5.67. The molecule has 1 aromatic heterocycles. The molecule has 24 heavy (non-hydrogen) atoms. The van der Waals surface area contributed by atoms with Gasteiger partial charge in [0, 0.05) is 25.4 Å². The molecular formula is C16H26N6O2. The second-order valence-electron chi connectivity index (χ2n) is 6.24. The lowest BCUT2D eigenvalue weighted by atomic mass is 10.2. The molecule has 8 heteroatoms. The Labute approximate surface area is 143 Å². The highest BCUT2D eigenvalue weighted by Gasteiger charge is 2.23. The molecule has 1 N–H and O–H groups in total. The lowest BCUT2D eigenvalue weighted by Crippen LogP contribution is -2.49. The van der Waals surface area contributed by atoms with E-state index < -0.39 is 6.09 Å². The summed E-state index contributed by atoms with van der Waals surface area (Å²) in [4.78, 5) is 21.8. The van der Waals surface area contributed by atoms with Crippen LogP contribution in [0.25, 0.3) is 0 Å². The van der Waals surface area contributed by atoms with Crippen LogP contribution in [0.5, 0.6) is 0 Å². The monoisotopic (exact) mass is 334 g/mol. The lowest BCUT2D eigenvalue weighted by molar-refractivity contribution is 0.135. The first-order valence-electron chi connectivity index (χ1n) is 8.01. The van der Waals surface area contributed by atoms with Crippen LogP contribution >= 0.6 is 0 Å². The largest absolute Gasteiger partial charge is 0.464 e. The van der Waals surface area contributed by atoms with Gasteiger partial charge < -0.3 is 10.0 Å². The summed E-state index contributed by atoms with van der Waals surface area (Å²) >= 11 is 0. The Morgan fingerprint density at radius 1 is 1.33 bits per heavy atom. The number of nitrogens with zero attached hydrogens (tertiary/aromatic N) is 6. The van der Waals surface area contributed by atoms with Gasteiger partial charge in [0.1, 0.15) is 6.07 Å². The van der Waals surface area contributed by atoms with E-state index in [0.717, 1.165) is 19.4 Å². The number of anilines is 1. The second-order valence-corrected chi connectivity index (χ2v) is 6.24. The van der Waals surface area contributed by atoms with E-state index in [2.05, 4.69) is 14.9 Å². The van der Waals surface area contributed by atoms with Gasteiger partial charge in [-0.15, -0.1) is 0 Å². The molecule has 1 amide bonds. The van der Waals surface area contributed by atoms with Gasteiger partial charge in [-0.3, -0.25) is 5.01 Å². The summed E-state index contributed by atoms with van der Waals surface area (Å²) in [6.07, 6.45) is 2.09. The van der Waals surface area contributed by atoms with Gasteiger partial charge in [-0.1, -0.05) is 13.8 Å². The molecule has 1 rings (SSSR count). The second kappa shape index (κ2) is 9.67. The van der Waals surface area contributed by atoms with Gasteiger partial charge in [0.25, 0.3) is 0 Å². The van der Waals surface area contributed by atoms with Gasteiger partial charge in [0.15, 0.2) is 5.82 Å². The van der Waals surface area contributed by atoms with E-state index in [4.69, 9.17) is 5.26 Å². The first-order valence-corrected chi connectivity index (χ1v) is 8.01. The van der Waals surface area contributed by atoms with E-state index in [9.17, 15) is 9.90 Å². The normalized spacial score (nSPS) is 10.7. The third-order valence-electron chi connectivity index (χ3n) is 3.28. The summed E-state index contributed by atoms with van der Waals surface area (Å²) < 4.78 is 0. The van der Waals surface area contributed by atoms with Crippen molar-refractivity contribution in [2.24, 2.45) is 5.92 Å². The van der Waals surface area contributed by atoms with Crippen molar-refractivity contribution in [1.82, 2.24) is 19.9 Å². The Hall–Kier alpha value is -2.40. The molecule has 0 unspecified atom stereocenters. The topological polar surface area (TPSA) is 96.6 Å². The summed E-state index contributed by atoms with van der Waals surface area (Å²) in [5, 5.41) is 21.5. The summed E-state index contributed by atoms with van der Waals surface area (Å²) in [7, 11) is 3.98. The molecule has 0 radical (unpaired) electrons. The fraction of sp³-hybridized carbons (Fsp3) is 0.625. The third kappa shape index (κ3) is 6.38. The third-order valence-corrected chi connectivity index (χ3v) is 3.28. The molecule has 0 atom stereocenters. The number of carbonyl (C=O) groups is 1. The molecule has 0 aromatic carbocycles. The first-order chi connectivity index (χ1) is 11.3. The molecule has 0 aliphatic rings. The maximum Gasteiger partial charge on any atom is 0.426 e. The number of nitriles is 1. The number of hydrogen-bond donors (Lipinski definition) is 1. The van der Waals surface area contributed by atoms with E-state index in [-0.39, 0.29) is 11.7 Å². The molecule has 0 saturated carbocycles. The zero-order valence-electron chi connectivity index (χ0n) is 14.8. The van der Waals surface area contributed by atoms with Gasteiger partial charge in [0.2, 0.25) is 5.82 Å². The minimum absolute atomic E-state index is 0.0270. The molecule has 0 saturated heterocycles. The number of unbranched alkanes of at least 4 members (excludes halogenated alkanes) is 1. The van der Waals surface area contributed by atoms with Gasteiger partial charge in [-0.2, -0.15) is 10.2 Å². The fourth-order valence-electron chi connectivity index (χ4n) is 2.22. The molecule has 132 valence electrons. The SMILES string of the molecule is CC(C)CN(c1ccnc(C#N)n1)N(CCCCN(C)C)C(=O)O. The molecule has 0 fully saturated rings. The summed E-state index contributed by atoms with van der Waals surface area (Å²) in [5.74, 6) is 0.679. The smallest absolute Gasteiger partial charge is 0.426 e. The van der Waals surface area contributed by atoms with Crippen molar-refractivity contribution in [2.45, 2.75) is 26.7 Å². The van der Waals surface area contributed by atoms with Crippen LogP contribution in [0.1, 0.15) is 32.5 Å². The molecule has 0 spiro atoms. The van der Waals surface area contributed by atoms with Crippen LogP contribution < -0.4 is 5.01 Å². The highest BCUT2D eigenvalue weighted by Crippen LogP contribution is 2.16. The van der Waals surface area contributed by atoms with Crippen LogP contribution in [-0.4, -0.2) is 64.8 Å². The standard InChI is InChI=1S/C16H26N6O2/c1-13(2)12-22(15-7-8-18-14(11-17)19-15)21(16(23)24)10-6-5-9-20(3)4/h7-8,13H,5-6,9-10,12H2,1-4H3,(H,23,24). The Bertz CT molecular complexity index is 570. The minimum Gasteiger partial charge on any atom is -0.464 e. The van der Waals surface area contributed by atoms with Crippen LogP contribution in [0.2, 0.25) is 0 Å². The Balaban J connectivity index is 2.96. The molecule has 1 heterocycles. The Morgan fingerprint density at radius 3 is 2.54 bits per heavy atom. The van der Waals surface area contributed by atoms with E-state index in [1.165, 1.54) is 11.2 Å². The average Bonchev–Trinajstić information content (AvgIpc) is 2.52. The highest BCUT2D eigenvalue weighted by atomic mass is 16.4. The summed E-state index contributed by atoms with van der Waals surface area (Å²) in [6.45, 7) is 5.78. The predicted molar refractivity (Wildman–Crippen MR) is 91.4 cm³/mol. The van der Waals surface area contributed by atoms with E-state index in [0.29, 0.717) is 18.9 Å². The van der Waals surface area contributed by atoms with E-state index in [1.54, 1.807) is 11.1 Å². The number of aromatic nitrogens is 2. The van der Waals surface area contributed by atoms with Crippen molar-refractivity contribution in [3.63, 3.8) is 0 Å². The van der Waals surface area contributed by atoms with Crippen molar-refractivity contribution in [2.75, 3.05) is 38.7 Å². The molecule has 8 nitrogen and oxygen atoms in total. The maximum absolute atomic E-state index is 11.7. The summed E-state index contributed by atoms with van der Waals surface area (Å²) in [6, 6.07) is 3.51. The van der Waals surface area contributed by atoms with Crippen molar-refractivity contribution in [3.05, 3.63) is 18.1 Å². The Kier molecular flexibility index (Phi) is 7.92. The van der Waals surface area contributed by atoms with Crippen LogP contribution in [0.4, 0.5) is 10.6 Å². The van der Waals surface area contributed by atoms with E-state index in [1.807, 2.05) is 34.0 Å². The van der Waals surface area contributed by atoms with Crippen molar-refractivity contribution < 1.29 is 9.90 Å². The Morgan fingerprint density at radius 2 is 2.00 bits per heavy atom. The van der Waals surface area contributed by atoms with Crippen molar-refractivity contribution in [3.8, 4) is 6.07 Å². The number of carboxylic acid groups (broad SMARTS) is 1. The minimum atomic E-state index is -1.03. The number of rotatable bonds is 9. The van der Waals surface area contributed by atoms with E-state index >= 15 is 0 Å². The van der Waals surface area contributed by atoms with Crippen LogP contribution in [0.3, 0.4) is 0 Å². The molecular weight excluding hydrogens is 308 g/mol. The zero-order valence-corrected chi connectivity index (χ0v) is 14.8. The fourth-order valence-corrected chi connectivity index (χ4v) is 2.22. The zero-order chi connectivity index (χ0) is 18.1. The number of hydrogen-bond acceptors (Lipinski definition) is 6. The summed E-state index contributed by atoms with van der Waals surface area (Å²) in [5.41, 5.74) is 0. The average molecular weight is 334 g/mol. The number of hydrazine groups is 1. The van der Waals surface area contributed by atoms with Crippen molar-refractivity contribution in [1.29, 1.82) is 5.26 Å². The van der Waals surface area contributed by atoms with Crippen LogP contribution in [-0.2, 0) is 0 Å². The first kappa shape index (κ1) is 19.6. The maximum atomic E-state index is 11.7. The predicted octanol–water partition coefficient (Wildman–Crippen LogP) is 2.05. The molecule has 0 aliphatic heterocycles. The van der Waals surface area contributed by atoms with Gasteiger partial charge >= 0.3 is 6.09 Å². The molecule has 1 aromatic rings. The van der Waals surface area contributed by atoms with Gasteiger partial charge in [0.05, 0.1) is 0 Å². The molecule has 0 bridgehead atoms. The molecule has 0 aliphatic carbocycles. The number of amides is 1. The van der Waals surface area contributed by atoms with Gasteiger partial charge in [-0.05, 0) is 39.4 Å². The van der Waals surface area contributed by atoms with Crippen LogP contribution in [0, 0.1) is 17.2 Å². The lowest BCUT2D eigenvalue weighted by Gasteiger charge is -2.34. The quantitative estimate of drug-likeness (QED) is 0.545. The van der Waals surface area contributed by atoms with Crippen molar-refractivity contribution >= 4 is 11.9 Å².